The van der Waals surface area contributed by atoms with Gasteiger partial charge in [-0.2, -0.15) is 0 Å². The van der Waals surface area contributed by atoms with Crippen LogP contribution in [0.5, 0.6) is 0 Å². The van der Waals surface area contributed by atoms with Gasteiger partial charge < -0.3 is 4.74 Å². The second-order valence-electron chi connectivity index (χ2n) is 5.96. The molecule has 0 aromatic heterocycles. The molecule has 0 N–H and O–H groups in total. The third-order valence-electron chi connectivity index (χ3n) is 4.19. The Bertz CT molecular complexity index is 325. The minimum Gasteiger partial charge on any atom is -0.366 e. The molecular formula is C14H22O2. The van der Waals surface area contributed by atoms with Crippen LogP contribution in [0.15, 0.2) is 12.2 Å². The first-order valence-electron chi connectivity index (χ1n) is 6.30. The molecule has 0 unspecified atom stereocenters. The van der Waals surface area contributed by atoms with Crippen LogP contribution < -0.4 is 0 Å². The summed E-state index contributed by atoms with van der Waals surface area (Å²) in [7, 11) is 0. The molecule has 16 heavy (non-hydrogen) atoms. The van der Waals surface area contributed by atoms with Gasteiger partial charge in [0.1, 0.15) is 5.60 Å². The Balaban J connectivity index is 2.21. The first kappa shape index (κ1) is 11.8. The standard InChI is InChI=1S/C14H22O2/c1-5-6-7-10(15)12-13(2,3)9-8-11-14(12,4)16-11/h6-7,11-12H,5,8-9H2,1-4H3/b7-6+/t11-,12+,14-/m0/s1. The Morgan fingerprint density at radius 3 is 2.75 bits per heavy atom. The normalized spacial score (nSPS) is 40.8. The van der Waals surface area contributed by atoms with Gasteiger partial charge >= 0.3 is 0 Å². The van der Waals surface area contributed by atoms with Gasteiger partial charge in [0.05, 0.1) is 12.0 Å². The highest BCUT2D eigenvalue weighted by molar-refractivity contribution is 5.93. The van der Waals surface area contributed by atoms with Crippen LogP contribution in [-0.4, -0.2) is 17.5 Å². The molecule has 1 aliphatic carbocycles. The maximum atomic E-state index is 12.2. The monoisotopic (exact) mass is 222 g/mol. The van der Waals surface area contributed by atoms with Crippen LogP contribution in [0, 0.1) is 11.3 Å². The average Bonchev–Trinajstić information content (AvgIpc) is 2.84. The van der Waals surface area contributed by atoms with Gasteiger partial charge in [-0.1, -0.05) is 26.8 Å². The van der Waals surface area contributed by atoms with Crippen molar-refractivity contribution in [3.05, 3.63) is 12.2 Å². The molecular weight excluding hydrogens is 200 g/mol. The van der Waals surface area contributed by atoms with Gasteiger partial charge in [0.2, 0.25) is 0 Å². The number of carbonyl (C=O) groups excluding carboxylic acids is 1. The highest BCUT2D eigenvalue weighted by atomic mass is 16.6. The number of epoxide rings is 1. The van der Waals surface area contributed by atoms with Gasteiger partial charge in [0.25, 0.3) is 0 Å². The first-order valence-corrected chi connectivity index (χ1v) is 6.30. The predicted molar refractivity (Wildman–Crippen MR) is 64.2 cm³/mol. The average molecular weight is 222 g/mol. The molecule has 0 aromatic carbocycles. The molecule has 90 valence electrons. The summed E-state index contributed by atoms with van der Waals surface area (Å²) < 4.78 is 5.76. The molecule has 0 radical (unpaired) electrons. The Labute approximate surface area is 98.1 Å². The highest BCUT2D eigenvalue weighted by Gasteiger charge is 2.65. The van der Waals surface area contributed by atoms with Crippen molar-refractivity contribution in [2.24, 2.45) is 11.3 Å². The Morgan fingerprint density at radius 2 is 2.12 bits per heavy atom. The van der Waals surface area contributed by atoms with Crippen molar-refractivity contribution in [3.8, 4) is 0 Å². The molecule has 2 aliphatic rings. The van der Waals surface area contributed by atoms with Gasteiger partial charge in [0.15, 0.2) is 5.78 Å². The van der Waals surface area contributed by atoms with Crippen LogP contribution in [0.3, 0.4) is 0 Å². The molecule has 1 saturated carbocycles. The van der Waals surface area contributed by atoms with E-state index in [1.54, 1.807) is 6.08 Å². The summed E-state index contributed by atoms with van der Waals surface area (Å²) in [6, 6.07) is 0. The number of carbonyl (C=O) groups is 1. The first-order chi connectivity index (χ1) is 7.42. The summed E-state index contributed by atoms with van der Waals surface area (Å²) in [6.07, 6.45) is 7.13. The maximum Gasteiger partial charge on any atom is 0.161 e. The summed E-state index contributed by atoms with van der Waals surface area (Å²) in [5.74, 6) is 0.276. The molecule has 2 nitrogen and oxygen atoms in total. The van der Waals surface area contributed by atoms with E-state index in [-0.39, 0.29) is 22.7 Å². The van der Waals surface area contributed by atoms with E-state index in [1.165, 1.54) is 0 Å². The van der Waals surface area contributed by atoms with Crippen molar-refractivity contribution in [3.63, 3.8) is 0 Å². The van der Waals surface area contributed by atoms with E-state index in [0.29, 0.717) is 6.10 Å². The second-order valence-corrected chi connectivity index (χ2v) is 5.96. The third-order valence-corrected chi connectivity index (χ3v) is 4.19. The van der Waals surface area contributed by atoms with Crippen LogP contribution in [0.1, 0.15) is 47.0 Å². The summed E-state index contributed by atoms with van der Waals surface area (Å²) >= 11 is 0. The lowest BCUT2D eigenvalue weighted by Gasteiger charge is -2.38. The summed E-state index contributed by atoms with van der Waals surface area (Å²) in [5, 5.41) is 0. The van der Waals surface area contributed by atoms with E-state index in [1.807, 2.05) is 13.0 Å². The summed E-state index contributed by atoms with van der Waals surface area (Å²) in [4.78, 5) is 12.2. The van der Waals surface area contributed by atoms with Crippen LogP contribution in [0.2, 0.25) is 0 Å². The fourth-order valence-electron chi connectivity index (χ4n) is 3.29. The number of fused-ring (bicyclic) bond motifs is 1. The minimum absolute atomic E-state index is 0.0292. The highest BCUT2D eigenvalue weighted by Crippen LogP contribution is 2.58. The van der Waals surface area contributed by atoms with Crippen molar-refractivity contribution in [1.29, 1.82) is 0 Å². The van der Waals surface area contributed by atoms with Crippen molar-refractivity contribution >= 4 is 5.78 Å². The number of hydrogen-bond acceptors (Lipinski definition) is 2. The minimum atomic E-state index is -0.184. The smallest absolute Gasteiger partial charge is 0.161 e. The third kappa shape index (κ3) is 1.73. The second kappa shape index (κ2) is 3.69. The van der Waals surface area contributed by atoms with E-state index in [2.05, 4.69) is 20.8 Å². The molecule has 2 rings (SSSR count). The number of ketones is 1. The zero-order valence-corrected chi connectivity index (χ0v) is 10.7. The van der Waals surface area contributed by atoms with Gasteiger partial charge in [-0.3, -0.25) is 4.79 Å². The van der Waals surface area contributed by atoms with E-state index in [9.17, 15) is 4.79 Å². The van der Waals surface area contributed by atoms with Crippen LogP contribution in [0.4, 0.5) is 0 Å². The summed E-state index contributed by atoms with van der Waals surface area (Å²) in [5.41, 5.74) is -0.117. The Hall–Kier alpha value is -0.630. The maximum absolute atomic E-state index is 12.2. The predicted octanol–water partition coefficient (Wildman–Crippen LogP) is 3.12. The molecule has 0 bridgehead atoms. The molecule has 2 heteroatoms. The molecule has 1 saturated heterocycles. The zero-order valence-electron chi connectivity index (χ0n) is 10.7. The van der Waals surface area contributed by atoms with E-state index in [0.717, 1.165) is 19.3 Å². The number of ether oxygens (including phenoxy) is 1. The quantitative estimate of drug-likeness (QED) is 0.542. The van der Waals surface area contributed by atoms with Crippen molar-refractivity contribution in [2.75, 3.05) is 0 Å². The number of allylic oxidation sites excluding steroid dienone is 2. The lowest BCUT2D eigenvalue weighted by molar-refractivity contribution is -0.125. The fourth-order valence-corrected chi connectivity index (χ4v) is 3.29. The van der Waals surface area contributed by atoms with E-state index in [4.69, 9.17) is 4.74 Å². The SMILES string of the molecule is CC/C=C/C(=O)[C@@H]1C(C)(C)CC[C@@H]2O[C@@]21C. The molecule has 2 fully saturated rings. The lowest BCUT2D eigenvalue weighted by Crippen LogP contribution is -2.44. The lowest BCUT2D eigenvalue weighted by atomic mass is 9.62. The van der Waals surface area contributed by atoms with Gasteiger partial charge in [-0.05, 0) is 37.7 Å². The number of hydrogen-bond donors (Lipinski definition) is 0. The Morgan fingerprint density at radius 1 is 1.44 bits per heavy atom. The van der Waals surface area contributed by atoms with E-state index < -0.39 is 0 Å². The summed E-state index contributed by atoms with van der Waals surface area (Å²) in [6.45, 7) is 8.53. The number of rotatable bonds is 3. The van der Waals surface area contributed by atoms with Crippen LogP contribution in [-0.2, 0) is 9.53 Å². The Kier molecular flexibility index (Phi) is 2.73. The van der Waals surface area contributed by atoms with Crippen molar-refractivity contribution < 1.29 is 9.53 Å². The zero-order chi connectivity index (χ0) is 12.0. The molecule has 0 amide bonds. The molecule has 3 atom stereocenters. The van der Waals surface area contributed by atoms with E-state index >= 15 is 0 Å². The van der Waals surface area contributed by atoms with Gasteiger partial charge in [-0.15, -0.1) is 0 Å². The molecule has 0 aromatic rings. The fraction of sp³-hybridized carbons (Fsp3) is 0.786. The van der Waals surface area contributed by atoms with Crippen LogP contribution in [0.25, 0.3) is 0 Å². The largest absolute Gasteiger partial charge is 0.366 e. The molecule has 1 heterocycles. The van der Waals surface area contributed by atoms with Crippen molar-refractivity contribution in [2.45, 2.75) is 58.7 Å². The molecule has 1 aliphatic heterocycles. The van der Waals surface area contributed by atoms with Gasteiger partial charge in [0, 0.05) is 0 Å². The topological polar surface area (TPSA) is 29.6 Å². The molecule has 0 spiro atoms. The van der Waals surface area contributed by atoms with Gasteiger partial charge in [-0.25, -0.2) is 0 Å². The van der Waals surface area contributed by atoms with Crippen molar-refractivity contribution in [1.82, 2.24) is 0 Å². The van der Waals surface area contributed by atoms with Crippen LogP contribution >= 0.6 is 0 Å².